The van der Waals surface area contributed by atoms with Gasteiger partial charge in [0.15, 0.2) is 11.5 Å². The van der Waals surface area contributed by atoms with Crippen LogP contribution in [-0.2, 0) is 12.8 Å². The third-order valence-electron chi connectivity index (χ3n) is 6.72. The SMILES string of the molecule is CCNC(=O)N1CCc2cc(OC)c(OCCc3ccc(N)c(OC)c3)cc2C1c1ccc(Cl)cc1C. The van der Waals surface area contributed by atoms with Gasteiger partial charge in [0, 0.05) is 24.5 Å². The van der Waals surface area contributed by atoms with E-state index in [4.69, 9.17) is 31.5 Å². The molecule has 0 saturated heterocycles. The van der Waals surface area contributed by atoms with Gasteiger partial charge >= 0.3 is 6.03 Å². The third-order valence-corrected chi connectivity index (χ3v) is 6.95. The molecule has 0 radical (unpaired) electrons. The molecule has 3 aromatic rings. The number of nitrogens with two attached hydrogens (primary N) is 1. The van der Waals surface area contributed by atoms with Gasteiger partial charge < -0.3 is 30.2 Å². The van der Waals surface area contributed by atoms with E-state index in [1.54, 1.807) is 14.2 Å². The van der Waals surface area contributed by atoms with Crippen LogP contribution in [0, 0.1) is 6.92 Å². The lowest BCUT2D eigenvalue weighted by atomic mass is 9.86. The van der Waals surface area contributed by atoms with Gasteiger partial charge in [0.1, 0.15) is 5.75 Å². The van der Waals surface area contributed by atoms with Crippen LogP contribution in [0.2, 0.25) is 5.02 Å². The smallest absolute Gasteiger partial charge is 0.318 e. The number of hydrogen-bond acceptors (Lipinski definition) is 5. The number of nitrogens with one attached hydrogen (secondary N) is 1. The minimum atomic E-state index is -0.276. The summed E-state index contributed by atoms with van der Waals surface area (Å²) >= 11 is 6.26. The zero-order valence-corrected chi connectivity index (χ0v) is 22.5. The highest BCUT2D eigenvalue weighted by Crippen LogP contribution is 2.42. The Bertz CT molecular complexity index is 1280. The first kappa shape index (κ1) is 26.5. The van der Waals surface area contributed by atoms with Gasteiger partial charge in [0.25, 0.3) is 0 Å². The van der Waals surface area contributed by atoms with Gasteiger partial charge in [-0.2, -0.15) is 0 Å². The van der Waals surface area contributed by atoms with Crippen LogP contribution in [0.1, 0.15) is 40.8 Å². The monoisotopic (exact) mass is 523 g/mol. The first-order valence-corrected chi connectivity index (χ1v) is 12.8. The Morgan fingerprint density at radius 3 is 2.54 bits per heavy atom. The van der Waals surface area contributed by atoms with Gasteiger partial charge in [-0.1, -0.05) is 23.7 Å². The maximum atomic E-state index is 13.1. The van der Waals surface area contributed by atoms with Gasteiger partial charge in [-0.25, -0.2) is 4.79 Å². The van der Waals surface area contributed by atoms with Crippen molar-refractivity contribution in [3.8, 4) is 17.2 Å². The highest BCUT2D eigenvalue weighted by molar-refractivity contribution is 6.30. The van der Waals surface area contributed by atoms with E-state index in [1.807, 2.05) is 67.3 Å². The van der Waals surface area contributed by atoms with Gasteiger partial charge in [0.2, 0.25) is 0 Å². The number of amides is 2. The minimum absolute atomic E-state index is 0.0944. The molecule has 0 aliphatic carbocycles. The maximum Gasteiger partial charge on any atom is 0.318 e. The number of benzene rings is 3. The number of carbonyl (C=O) groups excluding carboxylic acids is 1. The summed E-state index contributed by atoms with van der Waals surface area (Å²) < 4.78 is 17.3. The predicted octanol–water partition coefficient (Wildman–Crippen LogP) is 5.55. The molecule has 3 aromatic carbocycles. The summed E-state index contributed by atoms with van der Waals surface area (Å²) in [7, 11) is 3.25. The van der Waals surface area contributed by atoms with E-state index in [0.29, 0.717) is 54.1 Å². The molecular formula is C29H34ClN3O4. The molecule has 4 rings (SSSR count). The molecule has 1 unspecified atom stereocenters. The highest BCUT2D eigenvalue weighted by atomic mass is 35.5. The molecule has 7 nitrogen and oxygen atoms in total. The summed E-state index contributed by atoms with van der Waals surface area (Å²) in [6, 6.07) is 15.2. The first-order chi connectivity index (χ1) is 17.9. The van der Waals surface area contributed by atoms with Gasteiger partial charge in [-0.05, 0) is 84.5 Å². The number of hydrogen-bond donors (Lipinski definition) is 2. The Labute approximate surface area is 223 Å². The topological polar surface area (TPSA) is 86.1 Å². The number of carbonyl (C=O) groups is 1. The molecule has 0 saturated carbocycles. The number of rotatable bonds is 8. The third kappa shape index (κ3) is 5.72. The second-order valence-corrected chi connectivity index (χ2v) is 9.50. The quantitative estimate of drug-likeness (QED) is 0.378. The largest absolute Gasteiger partial charge is 0.495 e. The van der Waals surface area contributed by atoms with Crippen molar-refractivity contribution < 1.29 is 19.0 Å². The van der Waals surface area contributed by atoms with Gasteiger partial charge in [0.05, 0.1) is 32.6 Å². The molecule has 2 amide bonds. The Hall–Kier alpha value is -3.58. The molecule has 0 bridgehead atoms. The fraction of sp³-hybridized carbons (Fsp3) is 0.345. The summed E-state index contributed by atoms with van der Waals surface area (Å²) in [5.74, 6) is 1.96. The van der Waals surface area contributed by atoms with Crippen LogP contribution in [0.25, 0.3) is 0 Å². The van der Waals surface area contributed by atoms with E-state index in [9.17, 15) is 4.79 Å². The minimum Gasteiger partial charge on any atom is -0.495 e. The number of halogens is 1. The number of aryl methyl sites for hydroxylation is 1. The zero-order chi connectivity index (χ0) is 26.5. The average molecular weight is 524 g/mol. The Morgan fingerprint density at radius 2 is 1.84 bits per heavy atom. The number of ether oxygens (including phenoxy) is 3. The van der Waals surface area contributed by atoms with Crippen LogP contribution in [-0.4, -0.2) is 44.8 Å². The van der Waals surface area contributed by atoms with Crippen molar-refractivity contribution in [1.82, 2.24) is 10.2 Å². The summed E-state index contributed by atoms with van der Waals surface area (Å²) in [4.78, 5) is 15.0. The highest BCUT2D eigenvalue weighted by Gasteiger charge is 2.34. The summed E-state index contributed by atoms with van der Waals surface area (Å²) in [6.45, 7) is 5.53. The van der Waals surface area contributed by atoms with E-state index in [-0.39, 0.29) is 12.1 Å². The van der Waals surface area contributed by atoms with E-state index >= 15 is 0 Å². The van der Waals surface area contributed by atoms with Crippen molar-refractivity contribution in [1.29, 1.82) is 0 Å². The molecule has 196 valence electrons. The fourth-order valence-corrected chi connectivity index (χ4v) is 5.07. The van der Waals surface area contributed by atoms with E-state index in [1.165, 1.54) is 0 Å². The fourth-order valence-electron chi connectivity index (χ4n) is 4.84. The molecular weight excluding hydrogens is 490 g/mol. The summed E-state index contributed by atoms with van der Waals surface area (Å²) in [5, 5.41) is 3.63. The molecule has 1 aliphatic rings. The molecule has 3 N–H and O–H groups in total. The number of nitrogens with zero attached hydrogens (tertiary/aromatic N) is 1. The zero-order valence-electron chi connectivity index (χ0n) is 21.8. The van der Waals surface area contributed by atoms with E-state index in [2.05, 4.69) is 5.32 Å². The van der Waals surface area contributed by atoms with Crippen molar-refractivity contribution in [2.24, 2.45) is 0 Å². The van der Waals surface area contributed by atoms with Crippen LogP contribution in [0.3, 0.4) is 0 Å². The van der Waals surface area contributed by atoms with Gasteiger partial charge in [-0.15, -0.1) is 0 Å². The second kappa shape index (κ2) is 11.6. The van der Waals surface area contributed by atoms with Crippen LogP contribution >= 0.6 is 11.6 Å². The Morgan fingerprint density at radius 1 is 1.05 bits per heavy atom. The molecule has 1 aliphatic heterocycles. The Balaban J connectivity index is 1.68. The van der Waals surface area contributed by atoms with Crippen molar-refractivity contribution in [2.45, 2.75) is 32.7 Å². The van der Waals surface area contributed by atoms with Crippen LogP contribution in [0.5, 0.6) is 17.2 Å². The van der Waals surface area contributed by atoms with Crippen molar-refractivity contribution in [2.75, 3.05) is 39.6 Å². The molecule has 0 spiro atoms. The Kier molecular flexibility index (Phi) is 8.34. The van der Waals surface area contributed by atoms with Crippen molar-refractivity contribution in [3.05, 3.63) is 81.4 Å². The van der Waals surface area contributed by atoms with Crippen LogP contribution < -0.4 is 25.3 Å². The van der Waals surface area contributed by atoms with E-state index < -0.39 is 0 Å². The van der Waals surface area contributed by atoms with E-state index in [0.717, 1.165) is 34.2 Å². The molecule has 37 heavy (non-hydrogen) atoms. The summed E-state index contributed by atoms with van der Waals surface area (Å²) in [5.41, 5.74) is 11.8. The lowest BCUT2D eigenvalue weighted by Crippen LogP contribution is -2.46. The lowest BCUT2D eigenvalue weighted by molar-refractivity contribution is 0.180. The molecule has 1 atom stereocenters. The average Bonchev–Trinajstić information content (AvgIpc) is 2.89. The maximum absolute atomic E-state index is 13.1. The second-order valence-electron chi connectivity index (χ2n) is 9.06. The van der Waals surface area contributed by atoms with Crippen molar-refractivity contribution in [3.63, 3.8) is 0 Å². The van der Waals surface area contributed by atoms with Crippen molar-refractivity contribution >= 4 is 23.3 Å². The predicted molar refractivity (Wildman–Crippen MR) is 147 cm³/mol. The first-order valence-electron chi connectivity index (χ1n) is 12.4. The van der Waals surface area contributed by atoms with Crippen LogP contribution in [0.15, 0.2) is 48.5 Å². The lowest BCUT2D eigenvalue weighted by Gasteiger charge is -2.38. The number of urea groups is 1. The number of fused-ring (bicyclic) bond motifs is 1. The molecule has 0 aromatic heterocycles. The number of anilines is 1. The standard InChI is InChI=1S/C29H34ClN3O4/c1-5-32-29(34)33-12-10-20-16-26(36-4)27(37-13-11-19-6-9-24(31)25(15-19)35-3)17-23(20)28(33)22-8-7-21(30)14-18(22)2/h6-9,14-17,28H,5,10-13,31H2,1-4H3,(H,32,34). The molecule has 1 heterocycles. The molecule has 0 fully saturated rings. The number of nitrogen functional groups attached to an aromatic ring is 1. The van der Waals surface area contributed by atoms with Gasteiger partial charge in [-0.3, -0.25) is 0 Å². The number of methoxy groups -OCH3 is 2. The summed E-state index contributed by atoms with van der Waals surface area (Å²) in [6.07, 6.45) is 1.39. The van der Waals surface area contributed by atoms with Crippen LogP contribution in [0.4, 0.5) is 10.5 Å². The molecule has 8 heteroatoms. The normalized spacial score (nSPS) is 14.6.